The summed E-state index contributed by atoms with van der Waals surface area (Å²) >= 11 is 0. The first-order valence-corrected chi connectivity index (χ1v) is 7.40. The van der Waals surface area contributed by atoms with Crippen molar-refractivity contribution in [3.63, 3.8) is 0 Å². The Morgan fingerprint density at radius 1 is 1.26 bits per heavy atom. The summed E-state index contributed by atoms with van der Waals surface area (Å²) in [6.07, 6.45) is 2.21. The Bertz CT molecular complexity index is 448. The number of rotatable bonds is 1. The Morgan fingerprint density at radius 2 is 2.05 bits per heavy atom. The van der Waals surface area contributed by atoms with E-state index in [1.807, 2.05) is 0 Å². The molecule has 2 aliphatic heterocycles. The highest BCUT2D eigenvalue weighted by atomic mass is 16.5. The smallest absolute Gasteiger partial charge is 0.124 e. The van der Waals surface area contributed by atoms with Gasteiger partial charge in [0.1, 0.15) is 5.75 Å². The minimum Gasteiger partial charge on any atom is -0.493 e. The lowest BCUT2D eigenvalue weighted by Crippen LogP contribution is -2.49. The van der Waals surface area contributed by atoms with Gasteiger partial charge in [-0.3, -0.25) is 4.90 Å². The zero-order chi connectivity index (χ0) is 13.4. The van der Waals surface area contributed by atoms with Crippen molar-refractivity contribution in [2.45, 2.75) is 44.8 Å². The molecule has 0 aromatic heterocycles. The average Bonchev–Trinajstić information content (AvgIpc) is 2.40. The van der Waals surface area contributed by atoms with E-state index < -0.39 is 0 Å². The van der Waals surface area contributed by atoms with Gasteiger partial charge in [0, 0.05) is 36.2 Å². The summed E-state index contributed by atoms with van der Waals surface area (Å²) in [6, 6.07) is 9.90. The Labute approximate surface area is 115 Å². The number of fused-ring (bicyclic) bond motifs is 1. The van der Waals surface area contributed by atoms with Crippen molar-refractivity contribution in [1.82, 2.24) is 4.90 Å². The first kappa shape index (κ1) is 12.9. The van der Waals surface area contributed by atoms with Gasteiger partial charge in [0.15, 0.2) is 0 Å². The summed E-state index contributed by atoms with van der Waals surface area (Å²) in [5, 5.41) is 0. The van der Waals surface area contributed by atoms with Crippen molar-refractivity contribution in [1.29, 1.82) is 0 Å². The van der Waals surface area contributed by atoms with Gasteiger partial charge in [-0.1, -0.05) is 25.1 Å². The van der Waals surface area contributed by atoms with Gasteiger partial charge in [-0.05, 0) is 25.8 Å². The normalized spacial score (nSPS) is 35.5. The molecule has 1 fully saturated rings. The highest BCUT2D eigenvalue weighted by molar-refractivity contribution is 5.38. The van der Waals surface area contributed by atoms with Crippen molar-refractivity contribution in [2.24, 2.45) is 11.7 Å². The van der Waals surface area contributed by atoms with Gasteiger partial charge in [-0.25, -0.2) is 0 Å². The maximum atomic E-state index is 6.09. The van der Waals surface area contributed by atoms with Crippen LogP contribution in [0.15, 0.2) is 24.3 Å². The standard InChI is InChI=1S/C16H24N2O/c1-11-10-19-15-6-4-3-5-14(15)16(11)18-8-7-13(17)9-12(18)2/h3-6,11-13,16H,7-10,17H2,1-2H3. The van der Waals surface area contributed by atoms with Crippen LogP contribution in [-0.4, -0.2) is 30.1 Å². The van der Waals surface area contributed by atoms with Crippen LogP contribution < -0.4 is 10.5 Å². The van der Waals surface area contributed by atoms with Gasteiger partial charge in [0.2, 0.25) is 0 Å². The molecule has 3 heteroatoms. The summed E-state index contributed by atoms with van der Waals surface area (Å²) in [4.78, 5) is 2.63. The van der Waals surface area contributed by atoms with Gasteiger partial charge in [0.05, 0.1) is 6.61 Å². The van der Waals surface area contributed by atoms with Crippen molar-refractivity contribution < 1.29 is 4.74 Å². The minimum atomic E-state index is 0.372. The molecule has 0 aliphatic carbocycles. The summed E-state index contributed by atoms with van der Waals surface area (Å²) < 4.78 is 5.86. The molecular weight excluding hydrogens is 236 g/mol. The maximum Gasteiger partial charge on any atom is 0.124 e. The predicted molar refractivity (Wildman–Crippen MR) is 77.2 cm³/mol. The number of nitrogens with zero attached hydrogens (tertiary/aromatic N) is 1. The van der Waals surface area contributed by atoms with E-state index in [4.69, 9.17) is 10.5 Å². The van der Waals surface area contributed by atoms with Crippen molar-refractivity contribution in [3.05, 3.63) is 29.8 Å². The summed E-state index contributed by atoms with van der Waals surface area (Å²) in [7, 11) is 0. The molecule has 4 unspecified atom stereocenters. The number of hydrogen-bond acceptors (Lipinski definition) is 3. The molecule has 0 saturated carbocycles. The quantitative estimate of drug-likeness (QED) is 0.843. The van der Waals surface area contributed by atoms with E-state index in [-0.39, 0.29) is 0 Å². The van der Waals surface area contributed by atoms with Crippen molar-refractivity contribution >= 4 is 0 Å². The van der Waals surface area contributed by atoms with Gasteiger partial charge in [-0.2, -0.15) is 0 Å². The molecule has 3 rings (SSSR count). The summed E-state index contributed by atoms with van der Waals surface area (Å²) in [5.41, 5.74) is 7.45. The van der Waals surface area contributed by atoms with Gasteiger partial charge < -0.3 is 10.5 Å². The monoisotopic (exact) mass is 260 g/mol. The molecule has 0 spiro atoms. The minimum absolute atomic E-state index is 0.372. The lowest BCUT2D eigenvalue weighted by atomic mass is 9.86. The third kappa shape index (κ3) is 2.37. The number of nitrogens with two attached hydrogens (primary N) is 1. The van der Waals surface area contributed by atoms with Crippen LogP contribution in [0.5, 0.6) is 5.75 Å². The Hall–Kier alpha value is -1.06. The summed E-state index contributed by atoms with van der Waals surface area (Å²) in [6.45, 7) is 6.52. The molecule has 2 aliphatic rings. The largest absolute Gasteiger partial charge is 0.493 e. The molecule has 1 aromatic carbocycles. The number of hydrogen-bond donors (Lipinski definition) is 1. The van der Waals surface area contributed by atoms with E-state index in [0.29, 0.717) is 24.0 Å². The fraction of sp³-hybridized carbons (Fsp3) is 0.625. The Kier molecular flexibility index (Phi) is 3.50. The lowest BCUT2D eigenvalue weighted by Gasteiger charge is -2.46. The molecule has 0 bridgehead atoms. The van der Waals surface area contributed by atoms with E-state index in [9.17, 15) is 0 Å². The third-order valence-electron chi connectivity index (χ3n) is 4.60. The molecule has 2 heterocycles. The van der Waals surface area contributed by atoms with Crippen LogP contribution in [0.25, 0.3) is 0 Å². The topological polar surface area (TPSA) is 38.5 Å². The van der Waals surface area contributed by atoms with E-state index in [1.54, 1.807) is 0 Å². The van der Waals surface area contributed by atoms with Gasteiger partial charge in [0.25, 0.3) is 0 Å². The van der Waals surface area contributed by atoms with Gasteiger partial charge in [-0.15, -0.1) is 0 Å². The molecule has 2 N–H and O–H groups in total. The number of benzene rings is 1. The second-order valence-corrected chi connectivity index (χ2v) is 6.14. The predicted octanol–water partition coefficient (Wildman–Crippen LogP) is 2.57. The summed E-state index contributed by atoms with van der Waals surface area (Å²) in [5.74, 6) is 1.60. The molecule has 1 saturated heterocycles. The highest BCUT2D eigenvalue weighted by Gasteiger charge is 2.36. The number of piperidine rings is 1. The molecule has 1 aromatic rings. The Balaban J connectivity index is 1.91. The second-order valence-electron chi connectivity index (χ2n) is 6.14. The van der Waals surface area contributed by atoms with Crippen LogP contribution in [0, 0.1) is 5.92 Å². The number of ether oxygens (including phenoxy) is 1. The van der Waals surface area contributed by atoms with Crippen molar-refractivity contribution in [2.75, 3.05) is 13.2 Å². The first-order valence-electron chi connectivity index (χ1n) is 7.40. The first-order chi connectivity index (χ1) is 9.16. The number of para-hydroxylation sites is 1. The third-order valence-corrected chi connectivity index (χ3v) is 4.60. The SMILES string of the molecule is CC1COc2ccccc2C1N1CCC(N)CC1C. The zero-order valence-corrected chi connectivity index (χ0v) is 11.9. The molecule has 3 nitrogen and oxygen atoms in total. The molecule has 4 atom stereocenters. The molecule has 19 heavy (non-hydrogen) atoms. The fourth-order valence-corrected chi connectivity index (χ4v) is 3.62. The lowest BCUT2D eigenvalue weighted by molar-refractivity contribution is 0.0358. The van der Waals surface area contributed by atoms with E-state index in [2.05, 4.69) is 43.0 Å². The number of likely N-dealkylation sites (tertiary alicyclic amines) is 1. The maximum absolute atomic E-state index is 6.09. The average molecular weight is 260 g/mol. The van der Waals surface area contributed by atoms with E-state index >= 15 is 0 Å². The van der Waals surface area contributed by atoms with E-state index in [0.717, 1.165) is 31.7 Å². The van der Waals surface area contributed by atoms with Crippen LogP contribution in [0.4, 0.5) is 0 Å². The van der Waals surface area contributed by atoms with Crippen molar-refractivity contribution in [3.8, 4) is 5.75 Å². The van der Waals surface area contributed by atoms with Crippen LogP contribution in [-0.2, 0) is 0 Å². The zero-order valence-electron chi connectivity index (χ0n) is 11.9. The van der Waals surface area contributed by atoms with Gasteiger partial charge >= 0.3 is 0 Å². The van der Waals surface area contributed by atoms with Crippen LogP contribution in [0.2, 0.25) is 0 Å². The molecule has 104 valence electrons. The molecule has 0 amide bonds. The second kappa shape index (κ2) is 5.14. The van der Waals surface area contributed by atoms with E-state index in [1.165, 1.54) is 5.56 Å². The fourth-order valence-electron chi connectivity index (χ4n) is 3.62. The molecular formula is C16H24N2O. The van der Waals surface area contributed by atoms with Crippen LogP contribution in [0.1, 0.15) is 38.3 Å². The highest BCUT2D eigenvalue weighted by Crippen LogP contribution is 2.41. The Morgan fingerprint density at radius 3 is 2.84 bits per heavy atom. The van der Waals surface area contributed by atoms with Crippen LogP contribution >= 0.6 is 0 Å². The van der Waals surface area contributed by atoms with Crippen LogP contribution in [0.3, 0.4) is 0 Å². The molecule has 0 radical (unpaired) electrons.